The lowest BCUT2D eigenvalue weighted by Gasteiger charge is -2.18. The molecule has 3 aromatic heterocycles. The maximum atomic E-state index is 13.1. The van der Waals surface area contributed by atoms with E-state index < -0.39 is 0 Å². The summed E-state index contributed by atoms with van der Waals surface area (Å²) < 4.78 is 12.9. The zero-order chi connectivity index (χ0) is 21.8. The van der Waals surface area contributed by atoms with E-state index >= 15 is 0 Å². The predicted octanol–water partition coefficient (Wildman–Crippen LogP) is 3.90. The molecule has 32 heavy (non-hydrogen) atoms. The number of pyridine rings is 2. The van der Waals surface area contributed by atoms with Crippen molar-refractivity contribution in [1.29, 1.82) is 0 Å². The molecule has 1 aliphatic heterocycles. The highest BCUT2D eigenvalue weighted by Crippen LogP contribution is 2.37. The van der Waals surface area contributed by atoms with Crippen molar-refractivity contribution in [1.82, 2.24) is 19.7 Å². The van der Waals surface area contributed by atoms with Crippen LogP contribution >= 0.6 is 11.8 Å². The molecule has 0 spiro atoms. The standard InChI is InChI=1S/C23H19N5O3S/c29-22(27-21-8-11-26-28(21)15-16-4-1-2-9-24-16)18-5-3-10-25-23(18)32-17-6-7-19-20(14-17)31-13-12-30-19/h1-11,14H,12-13,15H2,(H,27,29). The van der Waals surface area contributed by atoms with Crippen molar-refractivity contribution in [3.63, 3.8) is 0 Å². The SMILES string of the molecule is O=C(Nc1ccnn1Cc1ccccn1)c1cccnc1Sc1ccc2c(c1)OCCO2. The summed E-state index contributed by atoms with van der Waals surface area (Å²) in [6.45, 7) is 1.51. The highest BCUT2D eigenvalue weighted by Gasteiger charge is 2.17. The van der Waals surface area contributed by atoms with Crippen molar-refractivity contribution in [3.8, 4) is 11.5 Å². The average molecular weight is 446 g/mol. The zero-order valence-corrected chi connectivity index (χ0v) is 17.8. The first-order valence-corrected chi connectivity index (χ1v) is 10.8. The molecular weight excluding hydrogens is 426 g/mol. The molecule has 4 heterocycles. The van der Waals surface area contributed by atoms with Crippen LogP contribution in [0.4, 0.5) is 5.82 Å². The largest absolute Gasteiger partial charge is 0.486 e. The van der Waals surface area contributed by atoms with Gasteiger partial charge in [-0.3, -0.25) is 9.78 Å². The smallest absolute Gasteiger partial charge is 0.259 e. The van der Waals surface area contributed by atoms with Crippen molar-refractivity contribution in [2.45, 2.75) is 16.5 Å². The molecule has 9 heteroatoms. The van der Waals surface area contributed by atoms with E-state index in [1.54, 1.807) is 41.5 Å². The normalized spacial score (nSPS) is 12.4. The third-order valence-corrected chi connectivity index (χ3v) is 5.75. The molecule has 1 N–H and O–H groups in total. The highest BCUT2D eigenvalue weighted by molar-refractivity contribution is 7.99. The number of benzene rings is 1. The molecule has 0 radical (unpaired) electrons. The number of carbonyl (C=O) groups excluding carboxylic acids is 1. The molecule has 5 rings (SSSR count). The lowest BCUT2D eigenvalue weighted by Crippen LogP contribution is -2.17. The summed E-state index contributed by atoms with van der Waals surface area (Å²) >= 11 is 1.39. The number of fused-ring (bicyclic) bond motifs is 1. The molecule has 8 nitrogen and oxygen atoms in total. The van der Waals surface area contributed by atoms with E-state index in [9.17, 15) is 4.79 Å². The minimum atomic E-state index is -0.263. The van der Waals surface area contributed by atoms with Crippen LogP contribution in [0.25, 0.3) is 0 Å². The Balaban J connectivity index is 1.34. The molecule has 0 saturated carbocycles. The Morgan fingerprint density at radius 1 is 0.969 bits per heavy atom. The Labute approximate surface area is 188 Å². The summed E-state index contributed by atoms with van der Waals surface area (Å²) in [4.78, 5) is 22.7. The van der Waals surface area contributed by atoms with Gasteiger partial charge in [-0.15, -0.1) is 0 Å². The summed E-state index contributed by atoms with van der Waals surface area (Å²) in [6, 6.07) is 16.6. The molecule has 0 bridgehead atoms. The number of amides is 1. The maximum Gasteiger partial charge on any atom is 0.259 e. The van der Waals surface area contributed by atoms with Crippen LogP contribution in [0.15, 0.2) is 83.1 Å². The Morgan fingerprint density at radius 3 is 2.72 bits per heavy atom. The quantitative estimate of drug-likeness (QED) is 0.481. The second-order valence-corrected chi connectivity index (χ2v) is 7.98. The monoisotopic (exact) mass is 445 g/mol. The van der Waals surface area contributed by atoms with Crippen LogP contribution in [0.5, 0.6) is 11.5 Å². The summed E-state index contributed by atoms with van der Waals surface area (Å²) in [5.41, 5.74) is 1.32. The van der Waals surface area contributed by atoms with Gasteiger partial charge in [0.1, 0.15) is 24.1 Å². The number of hydrogen-bond donors (Lipinski definition) is 1. The third kappa shape index (κ3) is 4.42. The van der Waals surface area contributed by atoms with Gasteiger partial charge in [0.05, 0.1) is 24.0 Å². The predicted molar refractivity (Wildman–Crippen MR) is 119 cm³/mol. The van der Waals surface area contributed by atoms with Crippen LogP contribution in [0.3, 0.4) is 0 Å². The van der Waals surface area contributed by atoms with Crippen LogP contribution in [0.2, 0.25) is 0 Å². The van der Waals surface area contributed by atoms with E-state index in [1.165, 1.54) is 11.8 Å². The van der Waals surface area contributed by atoms with E-state index in [0.717, 1.165) is 16.3 Å². The van der Waals surface area contributed by atoms with Gasteiger partial charge in [0, 0.05) is 23.4 Å². The van der Waals surface area contributed by atoms with Gasteiger partial charge in [0.2, 0.25) is 0 Å². The van der Waals surface area contributed by atoms with E-state index in [-0.39, 0.29) is 5.91 Å². The number of anilines is 1. The van der Waals surface area contributed by atoms with Crippen LogP contribution in [0, 0.1) is 0 Å². The third-order valence-electron chi connectivity index (χ3n) is 4.74. The lowest BCUT2D eigenvalue weighted by atomic mass is 10.2. The number of ether oxygens (including phenoxy) is 2. The minimum Gasteiger partial charge on any atom is -0.486 e. The first-order chi connectivity index (χ1) is 15.8. The van der Waals surface area contributed by atoms with Gasteiger partial charge in [-0.05, 0) is 42.5 Å². The van der Waals surface area contributed by atoms with Gasteiger partial charge >= 0.3 is 0 Å². The van der Waals surface area contributed by atoms with E-state index in [1.807, 2.05) is 36.4 Å². The zero-order valence-electron chi connectivity index (χ0n) is 17.0. The fourth-order valence-corrected chi connectivity index (χ4v) is 4.15. The van der Waals surface area contributed by atoms with Crippen molar-refractivity contribution in [2.75, 3.05) is 18.5 Å². The molecule has 160 valence electrons. The molecule has 0 atom stereocenters. The topological polar surface area (TPSA) is 91.2 Å². The molecule has 0 unspecified atom stereocenters. The summed E-state index contributed by atoms with van der Waals surface area (Å²) in [7, 11) is 0. The Morgan fingerprint density at radius 2 is 1.84 bits per heavy atom. The second kappa shape index (κ2) is 9.11. The van der Waals surface area contributed by atoms with Gasteiger partial charge in [-0.2, -0.15) is 5.10 Å². The van der Waals surface area contributed by atoms with Crippen LogP contribution < -0.4 is 14.8 Å². The van der Waals surface area contributed by atoms with E-state index in [4.69, 9.17) is 9.47 Å². The molecule has 0 aliphatic carbocycles. The molecular formula is C23H19N5O3S. The second-order valence-electron chi connectivity index (χ2n) is 6.91. The van der Waals surface area contributed by atoms with Crippen LogP contribution in [0.1, 0.15) is 16.1 Å². The van der Waals surface area contributed by atoms with Crippen LogP contribution in [-0.4, -0.2) is 38.9 Å². The van der Waals surface area contributed by atoms with E-state index in [2.05, 4.69) is 20.4 Å². The molecule has 0 fully saturated rings. The molecule has 0 saturated heterocycles. The summed E-state index contributed by atoms with van der Waals surface area (Å²) in [6.07, 6.45) is 5.04. The molecule has 4 aromatic rings. The lowest BCUT2D eigenvalue weighted by molar-refractivity contribution is 0.102. The Kier molecular flexibility index (Phi) is 5.71. The molecule has 1 amide bonds. The number of carbonyl (C=O) groups is 1. The van der Waals surface area contributed by atoms with Gasteiger partial charge in [-0.1, -0.05) is 17.8 Å². The van der Waals surface area contributed by atoms with Crippen LogP contribution in [-0.2, 0) is 6.54 Å². The average Bonchev–Trinajstić information content (AvgIpc) is 3.26. The number of rotatable bonds is 6. The molecule has 1 aromatic carbocycles. The number of nitrogens with zero attached hydrogens (tertiary/aromatic N) is 4. The highest BCUT2D eigenvalue weighted by atomic mass is 32.2. The van der Waals surface area contributed by atoms with Crippen molar-refractivity contribution in [3.05, 3.63) is 84.4 Å². The maximum absolute atomic E-state index is 13.1. The van der Waals surface area contributed by atoms with Crippen molar-refractivity contribution < 1.29 is 14.3 Å². The number of aromatic nitrogens is 4. The fraction of sp³-hybridized carbons (Fsp3) is 0.130. The van der Waals surface area contributed by atoms with Gasteiger partial charge in [0.25, 0.3) is 5.91 Å². The Hall–Kier alpha value is -3.85. The number of hydrogen-bond acceptors (Lipinski definition) is 7. The van der Waals surface area contributed by atoms with Crippen molar-refractivity contribution >= 4 is 23.5 Å². The minimum absolute atomic E-state index is 0.263. The summed E-state index contributed by atoms with van der Waals surface area (Å²) in [5.74, 6) is 1.74. The fourth-order valence-electron chi connectivity index (χ4n) is 3.24. The molecule has 1 aliphatic rings. The first kappa shape index (κ1) is 20.1. The Bertz CT molecular complexity index is 1250. The number of nitrogens with one attached hydrogen (secondary N) is 1. The van der Waals surface area contributed by atoms with Gasteiger partial charge in [0.15, 0.2) is 11.5 Å². The van der Waals surface area contributed by atoms with Crippen molar-refractivity contribution in [2.24, 2.45) is 0 Å². The summed E-state index contributed by atoms with van der Waals surface area (Å²) in [5, 5.41) is 7.84. The van der Waals surface area contributed by atoms with Gasteiger partial charge < -0.3 is 14.8 Å². The first-order valence-electron chi connectivity index (χ1n) is 10.0. The van der Waals surface area contributed by atoms with E-state index in [0.29, 0.717) is 41.9 Å². The van der Waals surface area contributed by atoms with Gasteiger partial charge in [-0.25, -0.2) is 9.67 Å².